The third-order valence-electron chi connectivity index (χ3n) is 6.37. The molecule has 0 unspecified atom stereocenters. The summed E-state index contributed by atoms with van der Waals surface area (Å²) in [5.41, 5.74) is 3.20. The number of aromatic nitrogens is 2. The van der Waals surface area contributed by atoms with Crippen LogP contribution < -0.4 is 4.90 Å². The van der Waals surface area contributed by atoms with Crippen LogP contribution in [-0.2, 0) is 12.8 Å². The van der Waals surface area contributed by atoms with Gasteiger partial charge in [0.15, 0.2) is 0 Å². The molecule has 33 heavy (non-hydrogen) atoms. The molecule has 5 nitrogen and oxygen atoms in total. The third kappa shape index (κ3) is 5.24. The smallest absolute Gasteiger partial charge is 0.264 e. The lowest BCUT2D eigenvalue weighted by atomic mass is 10.0. The number of carbonyl (C=O) groups is 1. The number of amides is 1. The summed E-state index contributed by atoms with van der Waals surface area (Å²) in [5, 5.41) is 1.94. The van der Waals surface area contributed by atoms with Gasteiger partial charge in [0.25, 0.3) is 5.91 Å². The van der Waals surface area contributed by atoms with E-state index in [0.29, 0.717) is 19.5 Å². The van der Waals surface area contributed by atoms with Crippen LogP contribution in [0.25, 0.3) is 0 Å². The van der Waals surface area contributed by atoms with Gasteiger partial charge in [-0.2, -0.15) is 0 Å². The minimum atomic E-state index is -0.232. The highest BCUT2D eigenvalue weighted by molar-refractivity contribution is 7.12. The summed E-state index contributed by atoms with van der Waals surface area (Å²) in [7, 11) is 0. The van der Waals surface area contributed by atoms with Crippen LogP contribution in [0.15, 0.2) is 41.8 Å². The van der Waals surface area contributed by atoms with Crippen LogP contribution in [0.2, 0.25) is 0 Å². The van der Waals surface area contributed by atoms with Gasteiger partial charge in [-0.05, 0) is 42.0 Å². The van der Waals surface area contributed by atoms with Gasteiger partial charge in [-0.3, -0.25) is 4.79 Å². The van der Waals surface area contributed by atoms with Gasteiger partial charge < -0.3 is 9.80 Å². The van der Waals surface area contributed by atoms with E-state index in [9.17, 15) is 9.18 Å². The maximum absolute atomic E-state index is 13.5. The molecule has 1 amide bonds. The van der Waals surface area contributed by atoms with E-state index in [1.165, 1.54) is 23.5 Å². The van der Waals surface area contributed by atoms with Crippen molar-refractivity contribution in [2.45, 2.75) is 46.0 Å². The van der Waals surface area contributed by atoms with Gasteiger partial charge in [-0.1, -0.05) is 39.0 Å². The zero-order chi connectivity index (χ0) is 23.4. The van der Waals surface area contributed by atoms with E-state index < -0.39 is 0 Å². The third-order valence-corrected chi connectivity index (χ3v) is 7.23. The molecule has 1 saturated heterocycles. The van der Waals surface area contributed by atoms with Crippen molar-refractivity contribution in [3.05, 3.63) is 75.1 Å². The monoisotopic (exact) mass is 466 g/mol. The minimum Gasteiger partial charge on any atom is -0.353 e. The molecule has 0 spiro atoms. The zero-order valence-electron chi connectivity index (χ0n) is 19.6. The van der Waals surface area contributed by atoms with E-state index >= 15 is 0 Å². The summed E-state index contributed by atoms with van der Waals surface area (Å²) < 4.78 is 13.5. The molecular formula is C26H31FN4OS. The maximum Gasteiger partial charge on any atom is 0.264 e. The Morgan fingerprint density at radius 1 is 1.09 bits per heavy atom. The first-order valence-electron chi connectivity index (χ1n) is 11.7. The lowest BCUT2D eigenvalue weighted by Crippen LogP contribution is -2.49. The Balaban J connectivity index is 1.63. The molecule has 3 heterocycles. The van der Waals surface area contributed by atoms with Crippen LogP contribution in [0.1, 0.15) is 65.4 Å². The number of rotatable bonds is 7. The Hall–Kier alpha value is -2.80. The molecular weight excluding hydrogens is 435 g/mol. The quantitative estimate of drug-likeness (QED) is 0.474. The average molecular weight is 467 g/mol. The van der Waals surface area contributed by atoms with Crippen molar-refractivity contribution in [1.82, 2.24) is 14.9 Å². The van der Waals surface area contributed by atoms with Crippen molar-refractivity contribution >= 4 is 23.1 Å². The molecule has 0 N–H and O–H groups in total. The number of piperazine rings is 1. The van der Waals surface area contributed by atoms with Crippen molar-refractivity contribution in [2.75, 3.05) is 31.1 Å². The first kappa shape index (κ1) is 23.4. The number of carbonyl (C=O) groups excluding carboxylic acids is 1. The average Bonchev–Trinajstić information content (AvgIpc) is 3.39. The molecule has 1 aromatic carbocycles. The minimum absolute atomic E-state index is 0.105. The van der Waals surface area contributed by atoms with Crippen LogP contribution in [0.3, 0.4) is 0 Å². The number of benzene rings is 1. The van der Waals surface area contributed by atoms with Crippen molar-refractivity contribution in [3.63, 3.8) is 0 Å². The predicted molar refractivity (Wildman–Crippen MR) is 132 cm³/mol. The summed E-state index contributed by atoms with van der Waals surface area (Å²) in [5.74, 6) is 1.99. The molecule has 0 radical (unpaired) electrons. The van der Waals surface area contributed by atoms with Crippen molar-refractivity contribution in [3.8, 4) is 0 Å². The van der Waals surface area contributed by atoms with E-state index in [1.54, 1.807) is 0 Å². The molecule has 0 saturated carbocycles. The van der Waals surface area contributed by atoms with Gasteiger partial charge in [-0.15, -0.1) is 11.3 Å². The van der Waals surface area contributed by atoms with E-state index in [4.69, 9.17) is 9.97 Å². The molecule has 3 aromatic rings. The molecule has 2 aromatic heterocycles. The van der Waals surface area contributed by atoms with Crippen molar-refractivity contribution in [1.29, 1.82) is 0 Å². The fourth-order valence-corrected chi connectivity index (χ4v) is 4.85. The van der Waals surface area contributed by atoms with Crippen LogP contribution in [0, 0.1) is 5.82 Å². The van der Waals surface area contributed by atoms with Crippen LogP contribution in [0.4, 0.5) is 10.2 Å². The lowest BCUT2D eigenvalue weighted by molar-refractivity contribution is 0.0751. The summed E-state index contributed by atoms with van der Waals surface area (Å²) in [6.07, 6.45) is 2.45. The van der Waals surface area contributed by atoms with Gasteiger partial charge >= 0.3 is 0 Å². The predicted octanol–water partition coefficient (Wildman–Crippen LogP) is 5.31. The van der Waals surface area contributed by atoms with Gasteiger partial charge in [-0.25, -0.2) is 14.4 Å². The number of hydrogen-bond acceptors (Lipinski definition) is 5. The fourth-order valence-electron chi connectivity index (χ4n) is 4.16. The number of thiophene rings is 1. The molecule has 174 valence electrons. The first-order chi connectivity index (χ1) is 16.0. The Morgan fingerprint density at radius 2 is 1.82 bits per heavy atom. The molecule has 1 aliphatic rings. The van der Waals surface area contributed by atoms with Gasteiger partial charge in [0, 0.05) is 49.8 Å². The van der Waals surface area contributed by atoms with E-state index in [-0.39, 0.29) is 17.6 Å². The Labute approximate surface area is 199 Å². The Kier molecular flexibility index (Phi) is 7.38. The molecule has 1 fully saturated rings. The van der Waals surface area contributed by atoms with E-state index in [2.05, 4.69) is 25.7 Å². The van der Waals surface area contributed by atoms with Crippen LogP contribution in [0.5, 0.6) is 0 Å². The second-order valence-electron chi connectivity index (χ2n) is 8.55. The van der Waals surface area contributed by atoms with Crippen LogP contribution >= 0.6 is 11.3 Å². The summed E-state index contributed by atoms with van der Waals surface area (Å²) in [6.45, 7) is 9.23. The SMILES string of the molecule is CCc1nc([C@H](C)CC)nc(N2CCN(C(=O)c3cccs3)CC2)c1Cc1ccc(F)cc1. The highest BCUT2D eigenvalue weighted by atomic mass is 32.1. The number of nitrogens with zero attached hydrogens (tertiary/aromatic N) is 4. The highest BCUT2D eigenvalue weighted by Crippen LogP contribution is 2.29. The molecule has 4 rings (SSSR count). The molecule has 1 atom stereocenters. The summed E-state index contributed by atoms with van der Waals surface area (Å²) in [6, 6.07) is 10.5. The van der Waals surface area contributed by atoms with Crippen LogP contribution in [-0.4, -0.2) is 47.0 Å². The molecule has 7 heteroatoms. The zero-order valence-corrected chi connectivity index (χ0v) is 20.4. The number of aryl methyl sites for hydroxylation is 1. The Morgan fingerprint density at radius 3 is 2.42 bits per heavy atom. The second-order valence-corrected chi connectivity index (χ2v) is 9.50. The standard InChI is InChI=1S/C26H31FN4OS/c1-4-18(3)24-28-22(5-2)21(17-19-8-10-20(27)11-9-19)25(29-24)30-12-14-31(15-13-30)26(32)23-7-6-16-33-23/h6-11,16,18H,4-5,12-15,17H2,1-3H3/t18-/m1/s1. The van der Waals surface area contributed by atoms with Gasteiger partial charge in [0.1, 0.15) is 17.5 Å². The first-order valence-corrected chi connectivity index (χ1v) is 12.6. The number of hydrogen-bond donors (Lipinski definition) is 0. The highest BCUT2D eigenvalue weighted by Gasteiger charge is 2.27. The number of halogens is 1. The van der Waals surface area contributed by atoms with Gasteiger partial charge in [0.2, 0.25) is 0 Å². The molecule has 1 aliphatic heterocycles. The largest absolute Gasteiger partial charge is 0.353 e. The lowest BCUT2D eigenvalue weighted by Gasteiger charge is -2.36. The van der Waals surface area contributed by atoms with E-state index in [1.807, 2.05) is 34.5 Å². The van der Waals surface area contributed by atoms with Crippen molar-refractivity contribution in [2.24, 2.45) is 0 Å². The van der Waals surface area contributed by atoms with Gasteiger partial charge in [0.05, 0.1) is 4.88 Å². The topological polar surface area (TPSA) is 49.3 Å². The molecule has 0 aliphatic carbocycles. The molecule has 0 bridgehead atoms. The summed E-state index contributed by atoms with van der Waals surface area (Å²) in [4.78, 5) is 27.8. The van der Waals surface area contributed by atoms with Crippen molar-refractivity contribution < 1.29 is 9.18 Å². The number of anilines is 1. The van der Waals surface area contributed by atoms with E-state index in [0.717, 1.165) is 59.3 Å². The Bertz CT molecular complexity index is 1080. The maximum atomic E-state index is 13.5. The second kappa shape index (κ2) is 10.4. The summed E-state index contributed by atoms with van der Waals surface area (Å²) >= 11 is 1.49. The normalized spacial score (nSPS) is 15.0. The fraction of sp³-hybridized carbons (Fsp3) is 0.423.